The second-order valence-electron chi connectivity index (χ2n) is 1.39. The Bertz CT molecular complexity index is 77.8. The third-order valence-corrected chi connectivity index (χ3v) is 2.00. The average Bonchev–Trinajstić information content (AvgIpc) is 1.65. The molecule has 0 heterocycles. The van der Waals surface area contributed by atoms with E-state index in [1.54, 1.807) is 7.05 Å². The zero-order valence-corrected chi connectivity index (χ0v) is 6.93. The highest BCUT2D eigenvalue weighted by molar-refractivity contribution is 14.1. The molecule has 0 aliphatic rings. The first kappa shape index (κ1) is 7.20. The van der Waals surface area contributed by atoms with Crippen LogP contribution in [-0.2, 0) is 0 Å². The van der Waals surface area contributed by atoms with Gasteiger partial charge in [0.2, 0.25) is 0 Å². The SMILES string of the molecule is CN=C(I)N(C)C. The van der Waals surface area contributed by atoms with Crippen molar-refractivity contribution < 1.29 is 0 Å². The quantitative estimate of drug-likeness (QED) is 0.253. The number of aliphatic imine (C=N–C) groups is 1. The molecule has 0 aromatic rings. The van der Waals surface area contributed by atoms with Crippen molar-refractivity contribution in [1.82, 2.24) is 4.90 Å². The van der Waals surface area contributed by atoms with Crippen LogP contribution in [0.5, 0.6) is 0 Å². The van der Waals surface area contributed by atoms with Crippen molar-refractivity contribution in [3.8, 4) is 0 Å². The first-order chi connectivity index (χ1) is 3.18. The largest absolute Gasteiger partial charge is 0.358 e. The molecule has 0 saturated heterocycles. The van der Waals surface area contributed by atoms with Gasteiger partial charge in [-0.25, -0.2) is 0 Å². The minimum atomic E-state index is 1.03. The normalized spacial score (nSPS) is 11.7. The Morgan fingerprint density at radius 1 is 1.57 bits per heavy atom. The molecule has 0 radical (unpaired) electrons. The molecule has 0 atom stereocenters. The van der Waals surface area contributed by atoms with Gasteiger partial charge in [-0.1, -0.05) is 0 Å². The molecule has 0 amide bonds. The molecular weight excluding hydrogens is 203 g/mol. The fourth-order valence-electron chi connectivity index (χ4n) is 0.200. The minimum absolute atomic E-state index is 1.03. The summed E-state index contributed by atoms with van der Waals surface area (Å²) in [5, 5.41) is 0. The van der Waals surface area contributed by atoms with Gasteiger partial charge in [0.15, 0.2) is 3.84 Å². The second-order valence-corrected chi connectivity index (χ2v) is 2.35. The van der Waals surface area contributed by atoms with E-state index in [0.717, 1.165) is 3.84 Å². The molecule has 0 aliphatic carbocycles. The summed E-state index contributed by atoms with van der Waals surface area (Å²) in [7, 11) is 5.71. The standard InChI is InChI=1S/C4H9IN2/c1-6-4(5)7(2)3/h1-3H3. The second kappa shape index (κ2) is 3.23. The number of hydrogen-bond acceptors (Lipinski definition) is 1. The van der Waals surface area contributed by atoms with Crippen LogP contribution in [0.15, 0.2) is 4.99 Å². The van der Waals surface area contributed by atoms with Crippen LogP contribution in [0, 0.1) is 0 Å². The zero-order chi connectivity index (χ0) is 5.86. The van der Waals surface area contributed by atoms with E-state index in [2.05, 4.69) is 27.6 Å². The highest BCUT2D eigenvalue weighted by Gasteiger charge is 1.88. The maximum atomic E-state index is 3.92. The van der Waals surface area contributed by atoms with Gasteiger partial charge >= 0.3 is 0 Å². The van der Waals surface area contributed by atoms with Crippen LogP contribution >= 0.6 is 22.6 Å². The predicted molar refractivity (Wildman–Crippen MR) is 41.1 cm³/mol. The van der Waals surface area contributed by atoms with Crippen LogP contribution in [0.1, 0.15) is 0 Å². The smallest absolute Gasteiger partial charge is 0.161 e. The first-order valence-electron chi connectivity index (χ1n) is 1.98. The molecule has 0 bridgehead atoms. The van der Waals surface area contributed by atoms with Crippen molar-refractivity contribution in [1.29, 1.82) is 0 Å². The molecule has 7 heavy (non-hydrogen) atoms. The summed E-state index contributed by atoms with van der Waals surface area (Å²) in [6.07, 6.45) is 0. The lowest BCUT2D eigenvalue weighted by molar-refractivity contribution is 0.639. The van der Waals surface area contributed by atoms with Gasteiger partial charge in [-0.05, 0) is 22.6 Å². The fraction of sp³-hybridized carbons (Fsp3) is 0.750. The number of halogens is 1. The summed E-state index contributed by atoms with van der Waals surface area (Å²) in [6, 6.07) is 0. The van der Waals surface area contributed by atoms with E-state index in [1.807, 2.05) is 19.0 Å². The first-order valence-corrected chi connectivity index (χ1v) is 3.06. The van der Waals surface area contributed by atoms with Gasteiger partial charge in [-0.15, -0.1) is 0 Å². The summed E-state index contributed by atoms with van der Waals surface area (Å²) < 4.78 is 1.03. The van der Waals surface area contributed by atoms with Crippen LogP contribution in [-0.4, -0.2) is 29.9 Å². The van der Waals surface area contributed by atoms with Gasteiger partial charge in [-0.2, -0.15) is 0 Å². The van der Waals surface area contributed by atoms with E-state index in [1.165, 1.54) is 0 Å². The molecule has 42 valence electrons. The van der Waals surface area contributed by atoms with Gasteiger partial charge in [0.1, 0.15) is 0 Å². The third kappa shape index (κ3) is 2.85. The lowest BCUT2D eigenvalue weighted by Crippen LogP contribution is -2.14. The summed E-state index contributed by atoms with van der Waals surface area (Å²) in [5.74, 6) is 0. The summed E-state index contributed by atoms with van der Waals surface area (Å²) >= 11 is 2.17. The molecule has 3 heteroatoms. The monoisotopic (exact) mass is 212 g/mol. The van der Waals surface area contributed by atoms with Gasteiger partial charge in [0, 0.05) is 21.1 Å². The molecular formula is C4H9IN2. The maximum absolute atomic E-state index is 3.92. The molecule has 0 aromatic carbocycles. The summed E-state index contributed by atoms with van der Waals surface area (Å²) in [5.41, 5.74) is 0. The van der Waals surface area contributed by atoms with Crippen molar-refractivity contribution in [2.45, 2.75) is 0 Å². The number of amidine groups is 1. The Morgan fingerprint density at radius 2 is 2.00 bits per heavy atom. The van der Waals surface area contributed by atoms with E-state index < -0.39 is 0 Å². The topological polar surface area (TPSA) is 15.6 Å². The minimum Gasteiger partial charge on any atom is -0.358 e. The molecule has 0 N–H and O–H groups in total. The van der Waals surface area contributed by atoms with Crippen LogP contribution in [0.2, 0.25) is 0 Å². The molecule has 0 fully saturated rings. The van der Waals surface area contributed by atoms with Crippen LogP contribution in [0.25, 0.3) is 0 Å². The van der Waals surface area contributed by atoms with Crippen molar-refractivity contribution in [2.24, 2.45) is 4.99 Å². The van der Waals surface area contributed by atoms with E-state index in [4.69, 9.17) is 0 Å². The van der Waals surface area contributed by atoms with Crippen LogP contribution in [0.3, 0.4) is 0 Å². The predicted octanol–water partition coefficient (Wildman–Crippen LogP) is 0.969. The van der Waals surface area contributed by atoms with E-state index in [0.29, 0.717) is 0 Å². The summed E-state index contributed by atoms with van der Waals surface area (Å²) in [4.78, 5) is 5.88. The van der Waals surface area contributed by atoms with E-state index in [9.17, 15) is 0 Å². The third-order valence-electron chi connectivity index (χ3n) is 0.554. The highest BCUT2D eigenvalue weighted by atomic mass is 127. The summed E-state index contributed by atoms with van der Waals surface area (Å²) in [6.45, 7) is 0. The van der Waals surface area contributed by atoms with Gasteiger partial charge in [0.25, 0.3) is 0 Å². The fourth-order valence-corrected chi connectivity index (χ4v) is 0.200. The average molecular weight is 212 g/mol. The molecule has 0 saturated carbocycles. The molecule has 0 spiro atoms. The Balaban J connectivity index is 3.56. The zero-order valence-electron chi connectivity index (χ0n) is 4.77. The van der Waals surface area contributed by atoms with E-state index >= 15 is 0 Å². The van der Waals surface area contributed by atoms with Crippen molar-refractivity contribution >= 4 is 26.4 Å². The molecule has 2 nitrogen and oxygen atoms in total. The number of rotatable bonds is 0. The van der Waals surface area contributed by atoms with Gasteiger partial charge in [0.05, 0.1) is 0 Å². The molecule has 0 aromatic heterocycles. The van der Waals surface area contributed by atoms with Crippen molar-refractivity contribution in [3.63, 3.8) is 0 Å². The Labute approximate surface area is 57.8 Å². The number of nitrogens with zero attached hydrogens (tertiary/aromatic N) is 2. The van der Waals surface area contributed by atoms with Gasteiger partial charge < -0.3 is 4.90 Å². The Morgan fingerprint density at radius 3 is 2.00 bits per heavy atom. The van der Waals surface area contributed by atoms with Crippen LogP contribution < -0.4 is 0 Å². The van der Waals surface area contributed by atoms with Gasteiger partial charge in [-0.3, -0.25) is 4.99 Å². The van der Waals surface area contributed by atoms with Crippen molar-refractivity contribution in [3.05, 3.63) is 0 Å². The highest BCUT2D eigenvalue weighted by Crippen LogP contribution is 1.90. The van der Waals surface area contributed by atoms with Crippen LogP contribution in [0.4, 0.5) is 0 Å². The number of hydrogen-bond donors (Lipinski definition) is 0. The molecule has 0 unspecified atom stereocenters. The Hall–Kier alpha value is 0.200. The lowest BCUT2D eigenvalue weighted by atomic mass is 10.9. The molecule has 0 aliphatic heterocycles. The maximum Gasteiger partial charge on any atom is 0.161 e. The lowest BCUT2D eigenvalue weighted by Gasteiger charge is -2.06. The Kier molecular flexibility index (Phi) is 3.33. The van der Waals surface area contributed by atoms with E-state index in [-0.39, 0.29) is 0 Å². The molecule has 0 rings (SSSR count). The van der Waals surface area contributed by atoms with Crippen molar-refractivity contribution in [2.75, 3.05) is 21.1 Å².